The third-order valence-electron chi connectivity index (χ3n) is 4.03. The Bertz CT molecular complexity index is 946. The zero-order chi connectivity index (χ0) is 19.8. The van der Waals surface area contributed by atoms with Crippen molar-refractivity contribution in [2.24, 2.45) is 5.10 Å². The summed E-state index contributed by atoms with van der Waals surface area (Å²) in [6, 6.07) is 21.3. The van der Waals surface area contributed by atoms with Gasteiger partial charge < -0.3 is 14.9 Å². The summed E-state index contributed by atoms with van der Waals surface area (Å²) in [7, 11) is 1.66. The van der Waals surface area contributed by atoms with E-state index in [1.165, 1.54) is 0 Å². The van der Waals surface area contributed by atoms with E-state index < -0.39 is 0 Å². The molecule has 4 nitrogen and oxygen atoms in total. The Balaban J connectivity index is 1.54. The average molecular weight is 460 g/mol. The lowest BCUT2D eigenvalue weighted by atomic mass is 10.2. The molecule has 0 unspecified atom stereocenters. The van der Waals surface area contributed by atoms with E-state index in [1.807, 2.05) is 66.7 Å². The van der Waals surface area contributed by atoms with Gasteiger partial charge in [0.05, 0.1) is 24.3 Å². The van der Waals surface area contributed by atoms with Crippen LogP contribution in [-0.4, -0.2) is 13.3 Å². The molecule has 144 valence electrons. The van der Waals surface area contributed by atoms with Crippen molar-refractivity contribution in [3.63, 3.8) is 0 Å². The van der Waals surface area contributed by atoms with Crippen molar-refractivity contribution in [1.29, 1.82) is 0 Å². The molecule has 0 amide bonds. The smallest absolute Gasteiger partial charge is 0.134 e. The van der Waals surface area contributed by atoms with Gasteiger partial charge in [-0.05, 0) is 63.5 Å². The number of methoxy groups -OCH3 is 1. The standard InChI is InChI=1S/C22H20BrClN2O2/c1-27-21-5-3-2-4-18(21)14-26-25-13-17-8-11-22(20(23)12-17)28-15-16-6-9-19(24)10-7-16/h2-13,26H,14-15H2,1H3/b25-13+. The van der Waals surface area contributed by atoms with E-state index in [0.29, 0.717) is 18.2 Å². The number of hydrazone groups is 1. The molecule has 0 saturated carbocycles. The van der Waals surface area contributed by atoms with E-state index in [0.717, 1.165) is 32.7 Å². The molecule has 3 rings (SSSR count). The third-order valence-corrected chi connectivity index (χ3v) is 4.90. The van der Waals surface area contributed by atoms with Crippen molar-refractivity contribution in [3.05, 3.63) is 92.9 Å². The van der Waals surface area contributed by atoms with Crippen LogP contribution in [0.2, 0.25) is 5.02 Å². The van der Waals surface area contributed by atoms with E-state index >= 15 is 0 Å². The van der Waals surface area contributed by atoms with E-state index in [9.17, 15) is 0 Å². The van der Waals surface area contributed by atoms with Gasteiger partial charge in [-0.25, -0.2) is 0 Å². The molecule has 0 spiro atoms. The SMILES string of the molecule is COc1ccccc1CN/N=C/c1ccc(OCc2ccc(Cl)cc2)c(Br)c1. The topological polar surface area (TPSA) is 42.8 Å². The highest BCUT2D eigenvalue weighted by Crippen LogP contribution is 2.26. The van der Waals surface area contributed by atoms with E-state index in [4.69, 9.17) is 21.1 Å². The number of para-hydroxylation sites is 1. The van der Waals surface area contributed by atoms with Crippen LogP contribution in [0.1, 0.15) is 16.7 Å². The number of benzene rings is 3. The highest BCUT2D eigenvalue weighted by Gasteiger charge is 2.03. The second-order valence-corrected chi connectivity index (χ2v) is 7.30. The molecule has 0 aliphatic carbocycles. The van der Waals surface area contributed by atoms with Gasteiger partial charge in [0, 0.05) is 10.6 Å². The van der Waals surface area contributed by atoms with Gasteiger partial charge in [-0.1, -0.05) is 41.9 Å². The van der Waals surface area contributed by atoms with Crippen LogP contribution in [0.25, 0.3) is 0 Å². The molecule has 0 fully saturated rings. The van der Waals surface area contributed by atoms with Gasteiger partial charge in [-0.2, -0.15) is 5.10 Å². The van der Waals surface area contributed by atoms with Crippen molar-refractivity contribution in [2.45, 2.75) is 13.2 Å². The number of nitrogens with zero attached hydrogens (tertiary/aromatic N) is 1. The summed E-state index contributed by atoms with van der Waals surface area (Å²) in [5, 5.41) is 5.00. The maximum Gasteiger partial charge on any atom is 0.134 e. The van der Waals surface area contributed by atoms with Crippen molar-refractivity contribution in [3.8, 4) is 11.5 Å². The number of hydrogen-bond acceptors (Lipinski definition) is 4. The molecule has 0 aromatic heterocycles. The molecule has 28 heavy (non-hydrogen) atoms. The quantitative estimate of drug-likeness (QED) is 0.341. The number of nitrogens with one attached hydrogen (secondary N) is 1. The summed E-state index contributed by atoms with van der Waals surface area (Å²) >= 11 is 9.45. The Labute approximate surface area is 178 Å². The van der Waals surface area contributed by atoms with Gasteiger partial charge in [-0.15, -0.1) is 0 Å². The number of halogens is 2. The van der Waals surface area contributed by atoms with Gasteiger partial charge in [0.25, 0.3) is 0 Å². The first-order valence-electron chi connectivity index (χ1n) is 8.70. The molecular formula is C22H20BrClN2O2. The fourth-order valence-electron chi connectivity index (χ4n) is 2.56. The highest BCUT2D eigenvalue weighted by molar-refractivity contribution is 9.10. The van der Waals surface area contributed by atoms with Crippen LogP contribution in [0, 0.1) is 0 Å². The zero-order valence-corrected chi connectivity index (χ0v) is 17.7. The molecule has 0 heterocycles. The highest BCUT2D eigenvalue weighted by atomic mass is 79.9. The minimum Gasteiger partial charge on any atom is -0.496 e. The van der Waals surface area contributed by atoms with Crippen LogP contribution in [0.3, 0.4) is 0 Å². The third kappa shape index (κ3) is 5.75. The number of rotatable bonds is 8. The maximum absolute atomic E-state index is 5.90. The molecule has 3 aromatic carbocycles. The minimum atomic E-state index is 0.476. The second-order valence-electron chi connectivity index (χ2n) is 6.01. The minimum absolute atomic E-state index is 0.476. The fourth-order valence-corrected chi connectivity index (χ4v) is 3.19. The average Bonchev–Trinajstić information content (AvgIpc) is 2.72. The molecule has 0 radical (unpaired) electrons. The van der Waals surface area contributed by atoms with Gasteiger partial charge in [0.15, 0.2) is 0 Å². The largest absolute Gasteiger partial charge is 0.496 e. The Morgan fingerprint density at radius 3 is 2.57 bits per heavy atom. The van der Waals surface area contributed by atoms with Crippen LogP contribution in [0.4, 0.5) is 0 Å². The summed E-state index contributed by atoms with van der Waals surface area (Å²) in [5.41, 5.74) is 6.11. The summed E-state index contributed by atoms with van der Waals surface area (Å²) in [5.74, 6) is 1.62. The second kappa shape index (κ2) is 10.2. The molecule has 0 aliphatic rings. The predicted octanol–water partition coefficient (Wildman–Crippen LogP) is 5.81. The molecule has 0 saturated heterocycles. The summed E-state index contributed by atoms with van der Waals surface area (Å²) in [6.07, 6.45) is 1.77. The molecule has 0 atom stereocenters. The van der Waals surface area contributed by atoms with Crippen molar-refractivity contribution in [1.82, 2.24) is 5.43 Å². The van der Waals surface area contributed by atoms with Crippen LogP contribution >= 0.6 is 27.5 Å². The van der Waals surface area contributed by atoms with Gasteiger partial charge in [-0.3, -0.25) is 0 Å². The fraction of sp³-hybridized carbons (Fsp3) is 0.136. The molecule has 3 aromatic rings. The van der Waals surface area contributed by atoms with Crippen molar-refractivity contribution < 1.29 is 9.47 Å². The molecule has 6 heteroatoms. The first-order valence-corrected chi connectivity index (χ1v) is 9.87. The first-order chi connectivity index (χ1) is 13.7. The number of hydrogen-bond donors (Lipinski definition) is 1. The predicted molar refractivity (Wildman–Crippen MR) is 117 cm³/mol. The van der Waals surface area contributed by atoms with E-state index in [1.54, 1.807) is 13.3 Å². The normalized spacial score (nSPS) is 10.8. The van der Waals surface area contributed by atoms with Crippen LogP contribution in [0.15, 0.2) is 76.3 Å². The lowest BCUT2D eigenvalue weighted by Crippen LogP contribution is -2.06. The lowest BCUT2D eigenvalue weighted by molar-refractivity contribution is 0.304. The van der Waals surface area contributed by atoms with Crippen molar-refractivity contribution in [2.75, 3.05) is 7.11 Å². The molecule has 0 bridgehead atoms. The summed E-state index contributed by atoms with van der Waals surface area (Å²) in [6.45, 7) is 1.06. The monoisotopic (exact) mass is 458 g/mol. The number of ether oxygens (including phenoxy) is 2. The first kappa shape index (κ1) is 20.2. The Kier molecular flexibility index (Phi) is 7.34. The van der Waals surface area contributed by atoms with Gasteiger partial charge >= 0.3 is 0 Å². The van der Waals surface area contributed by atoms with E-state index in [-0.39, 0.29) is 0 Å². The summed E-state index contributed by atoms with van der Waals surface area (Å²) < 4.78 is 12.1. The molecular weight excluding hydrogens is 440 g/mol. The maximum atomic E-state index is 5.90. The van der Waals surface area contributed by atoms with Gasteiger partial charge in [0.1, 0.15) is 18.1 Å². The zero-order valence-electron chi connectivity index (χ0n) is 15.4. The van der Waals surface area contributed by atoms with Crippen LogP contribution < -0.4 is 14.9 Å². The lowest BCUT2D eigenvalue weighted by Gasteiger charge is -2.09. The Hall–Kier alpha value is -2.50. The van der Waals surface area contributed by atoms with Crippen molar-refractivity contribution >= 4 is 33.7 Å². The summed E-state index contributed by atoms with van der Waals surface area (Å²) in [4.78, 5) is 0. The molecule has 1 N–H and O–H groups in total. The van der Waals surface area contributed by atoms with Crippen LogP contribution in [-0.2, 0) is 13.2 Å². The Morgan fingerprint density at radius 1 is 1.04 bits per heavy atom. The van der Waals surface area contributed by atoms with E-state index in [2.05, 4.69) is 26.5 Å². The Morgan fingerprint density at radius 2 is 1.82 bits per heavy atom. The van der Waals surface area contributed by atoms with Crippen LogP contribution in [0.5, 0.6) is 11.5 Å². The van der Waals surface area contributed by atoms with Gasteiger partial charge in [0.2, 0.25) is 0 Å². The molecule has 0 aliphatic heterocycles.